The van der Waals surface area contributed by atoms with E-state index in [1.54, 1.807) is 42.5 Å². The summed E-state index contributed by atoms with van der Waals surface area (Å²) in [5, 5.41) is 11.2. The molecule has 0 aliphatic carbocycles. The van der Waals surface area contributed by atoms with E-state index in [-0.39, 0.29) is 11.5 Å². The van der Waals surface area contributed by atoms with E-state index in [4.69, 9.17) is 17.0 Å². The Morgan fingerprint density at radius 1 is 1.20 bits per heavy atom. The number of rotatable bonds is 4. The van der Waals surface area contributed by atoms with Gasteiger partial charge in [0.05, 0.1) is 23.7 Å². The van der Waals surface area contributed by atoms with Crippen molar-refractivity contribution in [1.82, 2.24) is 0 Å². The van der Waals surface area contributed by atoms with Crippen LogP contribution >= 0.6 is 24.0 Å². The summed E-state index contributed by atoms with van der Waals surface area (Å²) >= 11 is 6.44. The van der Waals surface area contributed by atoms with Crippen LogP contribution in [-0.4, -0.2) is 23.3 Å². The van der Waals surface area contributed by atoms with Crippen LogP contribution in [0.1, 0.15) is 15.9 Å². The fraction of sp³-hybridized carbons (Fsp3) is 0.0556. The third-order valence-electron chi connectivity index (χ3n) is 3.59. The fourth-order valence-electron chi connectivity index (χ4n) is 2.44. The third kappa shape index (κ3) is 3.29. The smallest absolute Gasteiger partial charge is 0.270 e. The molecule has 5 nitrogen and oxygen atoms in total. The second-order valence-electron chi connectivity index (χ2n) is 5.06. The maximum Gasteiger partial charge on any atom is 0.270 e. The highest BCUT2D eigenvalue weighted by atomic mass is 32.2. The molecule has 3 rings (SSSR count). The van der Waals surface area contributed by atoms with Gasteiger partial charge in [-0.1, -0.05) is 60.4 Å². The molecular formula is C18H12NO4S2-. The molecule has 1 saturated heterocycles. The monoisotopic (exact) mass is 370 g/mol. The second kappa shape index (κ2) is 7.08. The van der Waals surface area contributed by atoms with Gasteiger partial charge in [0.25, 0.3) is 5.91 Å². The van der Waals surface area contributed by atoms with Gasteiger partial charge in [-0.25, -0.2) is 0 Å². The number of carboxylic acid groups (broad SMARTS) is 1. The highest BCUT2D eigenvalue weighted by Crippen LogP contribution is 2.39. The van der Waals surface area contributed by atoms with Crippen LogP contribution in [0.4, 0.5) is 5.69 Å². The molecule has 2 aromatic rings. The summed E-state index contributed by atoms with van der Waals surface area (Å²) in [6.45, 7) is 0. The first kappa shape index (κ1) is 17.2. The lowest BCUT2D eigenvalue weighted by atomic mass is 10.1. The highest BCUT2D eigenvalue weighted by molar-refractivity contribution is 8.27. The summed E-state index contributed by atoms with van der Waals surface area (Å²) < 4.78 is 5.64. The normalized spacial score (nSPS) is 15.7. The molecule has 126 valence electrons. The molecule has 0 saturated carbocycles. The zero-order valence-corrected chi connectivity index (χ0v) is 14.7. The van der Waals surface area contributed by atoms with Crippen molar-refractivity contribution in [2.24, 2.45) is 0 Å². The molecule has 25 heavy (non-hydrogen) atoms. The Kier molecular flexibility index (Phi) is 4.87. The third-order valence-corrected chi connectivity index (χ3v) is 4.89. The summed E-state index contributed by atoms with van der Waals surface area (Å²) in [6, 6.07) is 13.4. The van der Waals surface area contributed by atoms with Crippen LogP contribution in [0, 0.1) is 0 Å². The number of carbonyl (C=O) groups is 2. The number of thiocarbonyl (C=S) groups is 1. The van der Waals surface area contributed by atoms with Crippen molar-refractivity contribution in [3.63, 3.8) is 0 Å². The molecule has 7 heteroatoms. The summed E-state index contributed by atoms with van der Waals surface area (Å²) in [5.74, 6) is -1.10. The van der Waals surface area contributed by atoms with Gasteiger partial charge >= 0.3 is 0 Å². The number of carbonyl (C=O) groups excluding carboxylic acids is 2. The number of amides is 1. The standard InChI is InChI=1S/C18H13NO4S2/c1-23-14-9-5-4-8-13(14)19-16(20)15(25-18(19)24)10-11-6-2-3-7-12(11)17(21)22/h2-10H,1H3,(H,21,22)/p-1/b15-10-. The number of aromatic carboxylic acids is 1. The Bertz CT molecular complexity index is 907. The van der Waals surface area contributed by atoms with Crippen molar-refractivity contribution in [3.8, 4) is 5.75 Å². The Balaban J connectivity index is 2.01. The van der Waals surface area contributed by atoms with Gasteiger partial charge < -0.3 is 14.6 Å². The first-order chi connectivity index (χ1) is 12.0. The summed E-state index contributed by atoms with van der Waals surface area (Å²) in [6.07, 6.45) is 1.51. The molecule has 0 bridgehead atoms. The minimum Gasteiger partial charge on any atom is -0.545 e. The zero-order chi connectivity index (χ0) is 18.0. The van der Waals surface area contributed by atoms with Crippen LogP contribution in [-0.2, 0) is 4.79 Å². The predicted molar refractivity (Wildman–Crippen MR) is 99.4 cm³/mol. The van der Waals surface area contributed by atoms with Crippen molar-refractivity contribution in [2.75, 3.05) is 12.0 Å². The van der Waals surface area contributed by atoms with Gasteiger partial charge in [-0.2, -0.15) is 0 Å². The van der Waals surface area contributed by atoms with E-state index >= 15 is 0 Å². The molecule has 1 heterocycles. The average molecular weight is 370 g/mol. The maximum absolute atomic E-state index is 12.8. The number of hydrogen-bond acceptors (Lipinski definition) is 6. The zero-order valence-electron chi connectivity index (χ0n) is 13.1. The molecule has 1 amide bonds. The van der Waals surface area contributed by atoms with Crippen LogP contribution in [0.15, 0.2) is 53.4 Å². The molecule has 0 spiro atoms. The molecular weight excluding hydrogens is 358 g/mol. The van der Waals surface area contributed by atoms with Crippen LogP contribution in [0.2, 0.25) is 0 Å². The maximum atomic E-state index is 12.8. The van der Waals surface area contributed by atoms with Crippen LogP contribution in [0.3, 0.4) is 0 Å². The van der Waals surface area contributed by atoms with Crippen molar-refractivity contribution >= 4 is 51.9 Å². The van der Waals surface area contributed by atoms with Gasteiger partial charge in [-0.3, -0.25) is 9.69 Å². The summed E-state index contributed by atoms with van der Waals surface area (Å²) in [4.78, 5) is 25.7. The molecule has 1 fully saturated rings. The van der Waals surface area contributed by atoms with E-state index in [1.165, 1.54) is 24.2 Å². The molecule has 0 aromatic heterocycles. The number of thioether (sulfide) groups is 1. The number of anilines is 1. The summed E-state index contributed by atoms with van der Waals surface area (Å²) in [5.41, 5.74) is 0.956. The van der Waals surface area contributed by atoms with Crippen LogP contribution < -0.4 is 14.7 Å². The number of carboxylic acids is 1. The average Bonchev–Trinajstić information content (AvgIpc) is 2.88. The Morgan fingerprint density at radius 2 is 1.88 bits per heavy atom. The molecule has 2 aromatic carbocycles. The molecule has 1 aliphatic rings. The lowest BCUT2D eigenvalue weighted by Crippen LogP contribution is -2.28. The minimum atomic E-state index is -1.30. The number of ether oxygens (including phenoxy) is 1. The van der Waals surface area contributed by atoms with Gasteiger partial charge in [0.1, 0.15) is 5.75 Å². The van der Waals surface area contributed by atoms with Crippen LogP contribution in [0.25, 0.3) is 6.08 Å². The van der Waals surface area contributed by atoms with Gasteiger partial charge in [-0.15, -0.1) is 0 Å². The van der Waals surface area contributed by atoms with Crippen molar-refractivity contribution < 1.29 is 19.4 Å². The highest BCUT2D eigenvalue weighted by Gasteiger charge is 2.34. The molecule has 0 N–H and O–H groups in total. The van der Waals surface area contributed by atoms with Gasteiger partial charge in [-0.05, 0) is 23.8 Å². The van der Waals surface area contributed by atoms with Crippen LogP contribution in [0.5, 0.6) is 5.75 Å². The predicted octanol–water partition coefficient (Wildman–Crippen LogP) is 2.46. The number of para-hydroxylation sites is 2. The Morgan fingerprint density at radius 3 is 2.60 bits per heavy atom. The van der Waals surface area contributed by atoms with E-state index in [0.717, 1.165) is 11.8 Å². The fourth-order valence-corrected chi connectivity index (χ4v) is 3.72. The number of nitrogens with zero attached hydrogens (tertiary/aromatic N) is 1. The van der Waals surface area contributed by atoms with Crippen molar-refractivity contribution in [2.45, 2.75) is 0 Å². The number of methoxy groups -OCH3 is 1. The molecule has 0 radical (unpaired) electrons. The van der Waals surface area contributed by atoms with Gasteiger partial charge in [0, 0.05) is 5.56 Å². The van der Waals surface area contributed by atoms with Crippen molar-refractivity contribution in [1.29, 1.82) is 0 Å². The SMILES string of the molecule is COc1ccccc1N1C(=O)/C(=C/c2ccccc2C(=O)[O-])SC1=S. The molecule has 1 aliphatic heterocycles. The van der Waals surface area contributed by atoms with Crippen molar-refractivity contribution in [3.05, 3.63) is 64.6 Å². The first-order valence-corrected chi connectivity index (χ1v) is 8.46. The lowest BCUT2D eigenvalue weighted by molar-refractivity contribution is -0.255. The molecule has 0 atom stereocenters. The van der Waals surface area contributed by atoms with Gasteiger partial charge in [0.15, 0.2) is 4.32 Å². The molecule has 0 unspecified atom stereocenters. The van der Waals surface area contributed by atoms with Gasteiger partial charge in [0.2, 0.25) is 0 Å². The number of benzene rings is 2. The quantitative estimate of drug-likeness (QED) is 0.608. The minimum absolute atomic E-state index is 0.0186. The van der Waals surface area contributed by atoms with E-state index in [9.17, 15) is 14.7 Å². The Hall–Kier alpha value is -2.64. The first-order valence-electron chi connectivity index (χ1n) is 7.24. The largest absolute Gasteiger partial charge is 0.545 e. The van der Waals surface area contributed by atoms with E-state index in [1.807, 2.05) is 0 Å². The second-order valence-corrected chi connectivity index (χ2v) is 6.74. The summed E-state index contributed by atoms with van der Waals surface area (Å²) in [7, 11) is 1.52. The Labute approximate surface area is 153 Å². The van der Waals surface area contributed by atoms with E-state index in [0.29, 0.717) is 26.2 Å². The topological polar surface area (TPSA) is 69.7 Å². The lowest BCUT2D eigenvalue weighted by Gasteiger charge is -2.17. The van der Waals surface area contributed by atoms with E-state index < -0.39 is 5.97 Å². The number of hydrogen-bond donors (Lipinski definition) is 0. The van der Waals surface area contributed by atoms with E-state index in [2.05, 4.69) is 0 Å².